The van der Waals surface area contributed by atoms with Crippen LogP contribution in [0.3, 0.4) is 0 Å². The number of hydrogen-bond acceptors (Lipinski definition) is 5. The van der Waals surface area contributed by atoms with Crippen LogP contribution in [0.15, 0.2) is 66.7 Å². The first-order valence-corrected chi connectivity index (χ1v) is 12.6. The number of para-hydroxylation sites is 1. The molecular weight excluding hydrogens is 424 g/mol. The van der Waals surface area contributed by atoms with E-state index in [1.807, 2.05) is 12.1 Å². The number of hydrogen-bond donors (Lipinski definition) is 1. The average molecular weight is 461 g/mol. The maximum Gasteiger partial charge on any atom is 0.340 e. The van der Waals surface area contributed by atoms with Crippen LogP contribution in [0.5, 0.6) is 0 Å². The van der Waals surface area contributed by atoms with Gasteiger partial charge in [0, 0.05) is 29.6 Å². The molecule has 2 bridgehead atoms. The number of piperidine rings is 1. The predicted molar refractivity (Wildman–Crippen MR) is 135 cm³/mol. The molecule has 34 heavy (non-hydrogen) atoms. The summed E-state index contributed by atoms with van der Waals surface area (Å²) in [4.78, 5) is 15.6. The second-order valence-corrected chi connectivity index (χ2v) is 10.4. The molecule has 0 aromatic heterocycles. The van der Waals surface area contributed by atoms with Gasteiger partial charge in [0.15, 0.2) is 0 Å². The zero-order chi connectivity index (χ0) is 23.4. The summed E-state index contributed by atoms with van der Waals surface area (Å²) in [5.74, 6) is -0.336. The van der Waals surface area contributed by atoms with Gasteiger partial charge in [0.05, 0.1) is 18.3 Å². The maximum absolute atomic E-state index is 12.9. The number of allylic oxidation sites excluding steroid dienone is 1. The third-order valence-corrected chi connectivity index (χ3v) is 8.04. The van der Waals surface area contributed by atoms with Gasteiger partial charge in [-0.3, -0.25) is 0 Å². The highest BCUT2D eigenvalue weighted by Gasteiger charge is 2.59. The minimum absolute atomic E-state index is 0.0917. The Labute approximate surface area is 202 Å². The van der Waals surface area contributed by atoms with E-state index >= 15 is 0 Å². The predicted octanol–water partition coefficient (Wildman–Crippen LogP) is 4.88. The molecule has 1 aliphatic carbocycles. The van der Waals surface area contributed by atoms with Crippen molar-refractivity contribution in [2.24, 2.45) is 10.8 Å². The quantitative estimate of drug-likeness (QED) is 0.363. The fourth-order valence-electron chi connectivity index (χ4n) is 6.61. The fourth-order valence-corrected chi connectivity index (χ4v) is 6.61. The van der Waals surface area contributed by atoms with Crippen LogP contribution in [-0.2, 0) is 15.9 Å². The molecule has 2 N–H and O–H groups in total. The molecule has 5 heteroatoms. The molecule has 0 radical (unpaired) electrons. The van der Waals surface area contributed by atoms with E-state index in [9.17, 15) is 4.79 Å². The Morgan fingerprint density at radius 2 is 1.88 bits per heavy atom. The molecule has 1 saturated carbocycles. The van der Waals surface area contributed by atoms with Gasteiger partial charge in [-0.2, -0.15) is 0 Å². The molecule has 2 fully saturated rings. The van der Waals surface area contributed by atoms with Crippen molar-refractivity contribution in [3.05, 3.63) is 77.9 Å². The summed E-state index contributed by atoms with van der Waals surface area (Å²) in [5.41, 5.74) is 8.24. The zero-order valence-electron chi connectivity index (χ0n) is 20.0. The minimum Gasteiger partial charge on any atom is -0.461 e. The molecule has 2 aliphatic heterocycles. The molecule has 3 aliphatic rings. The lowest BCUT2D eigenvalue weighted by Crippen LogP contribution is -2.66. The van der Waals surface area contributed by atoms with Gasteiger partial charge in [0.25, 0.3) is 0 Å². The number of nitrogen functional groups attached to an aromatic ring is 1. The Kier molecular flexibility index (Phi) is 6.75. The van der Waals surface area contributed by atoms with E-state index in [0.717, 1.165) is 51.7 Å². The first kappa shape index (κ1) is 23.1. The van der Waals surface area contributed by atoms with Gasteiger partial charge in [-0.05, 0) is 56.3 Å². The Morgan fingerprint density at radius 1 is 1.06 bits per heavy atom. The lowest BCUT2D eigenvalue weighted by atomic mass is 9.55. The van der Waals surface area contributed by atoms with Crippen LogP contribution in [0.2, 0.25) is 0 Å². The number of carbonyl (C=O) groups excluding carboxylic acids is 1. The van der Waals surface area contributed by atoms with E-state index in [1.54, 1.807) is 12.1 Å². The lowest BCUT2D eigenvalue weighted by molar-refractivity contribution is -0.198. The number of nitrogens with two attached hydrogens (primary N) is 1. The molecule has 0 unspecified atom stereocenters. The van der Waals surface area contributed by atoms with E-state index in [2.05, 4.69) is 47.4 Å². The monoisotopic (exact) mass is 460 g/mol. The van der Waals surface area contributed by atoms with Crippen LogP contribution in [0.1, 0.15) is 48.0 Å². The van der Waals surface area contributed by atoms with E-state index in [-0.39, 0.29) is 22.9 Å². The first-order chi connectivity index (χ1) is 16.6. The summed E-state index contributed by atoms with van der Waals surface area (Å²) < 4.78 is 12.5. The van der Waals surface area contributed by atoms with Crippen molar-refractivity contribution in [3.8, 4) is 0 Å². The third-order valence-electron chi connectivity index (χ3n) is 8.04. The number of carbonyl (C=O) groups is 1. The molecular formula is C29H36N2O3. The summed E-state index contributed by atoms with van der Waals surface area (Å²) >= 11 is 0. The normalized spacial score (nSPS) is 28.6. The van der Waals surface area contributed by atoms with Gasteiger partial charge in [0.1, 0.15) is 6.61 Å². The second-order valence-electron chi connectivity index (χ2n) is 10.4. The van der Waals surface area contributed by atoms with Crippen LogP contribution in [0, 0.1) is 10.8 Å². The van der Waals surface area contributed by atoms with Crippen molar-refractivity contribution in [2.45, 2.75) is 44.6 Å². The molecule has 3 atom stereocenters. The van der Waals surface area contributed by atoms with E-state index in [0.29, 0.717) is 24.5 Å². The topological polar surface area (TPSA) is 64.8 Å². The van der Waals surface area contributed by atoms with Gasteiger partial charge < -0.3 is 20.1 Å². The number of benzene rings is 2. The highest BCUT2D eigenvalue weighted by atomic mass is 16.5. The van der Waals surface area contributed by atoms with Gasteiger partial charge in [-0.15, -0.1) is 0 Å². The Bertz CT molecular complexity index is 1020. The molecule has 180 valence electrons. The average Bonchev–Trinajstić information content (AvgIpc) is 3.07. The van der Waals surface area contributed by atoms with Crippen molar-refractivity contribution in [1.82, 2.24) is 4.90 Å². The molecule has 0 spiro atoms. The minimum atomic E-state index is -0.336. The number of aryl methyl sites for hydroxylation is 1. The van der Waals surface area contributed by atoms with E-state index in [4.69, 9.17) is 15.2 Å². The van der Waals surface area contributed by atoms with Crippen LogP contribution < -0.4 is 5.73 Å². The Balaban J connectivity index is 1.33. The van der Waals surface area contributed by atoms with Gasteiger partial charge in [0.2, 0.25) is 0 Å². The SMILES string of the molecule is Nc1ccccc1C(=O)OC[C@]12CCC[C@@]3(CC=CCO[C@@H]31)CN(CCCc1ccccc1)C2. The summed E-state index contributed by atoms with van der Waals surface area (Å²) in [6.07, 6.45) is 11.1. The van der Waals surface area contributed by atoms with Crippen molar-refractivity contribution in [3.63, 3.8) is 0 Å². The van der Waals surface area contributed by atoms with Gasteiger partial charge in [-0.25, -0.2) is 4.79 Å². The summed E-state index contributed by atoms with van der Waals surface area (Å²) in [6, 6.07) is 17.9. The zero-order valence-corrected chi connectivity index (χ0v) is 20.0. The lowest BCUT2D eigenvalue weighted by Gasteiger charge is -2.60. The number of nitrogens with zero attached hydrogens (tertiary/aromatic N) is 1. The Morgan fingerprint density at radius 3 is 2.74 bits per heavy atom. The standard InChI is InChI=1S/C29H36N2O3/c30-25-14-5-4-13-24(25)26(32)34-22-29-17-9-16-28(15-6-7-19-33-27(28)29)20-31(21-29)18-8-12-23-10-2-1-3-11-23/h1-7,10-11,13-14,27H,8-9,12,15-22,30H2/t27-,28-,29+/m0/s1. The third kappa shape index (κ3) is 4.64. The van der Waals surface area contributed by atoms with Gasteiger partial charge in [-0.1, -0.05) is 61.0 Å². The van der Waals surface area contributed by atoms with Crippen molar-refractivity contribution in [1.29, 1.82) is 0 Å². The van der Waals surface area contributed by atoms with Crippen molar-refractivity contribution >= 4 is 11.7 Å². The van der Waals surface area contributed by atoms with Crippen LogP contribution in [0.4, 0.5) is 5.69 Å². The number of ether oxygens (including phenoxy) is 2. The van der Waals surface area contributed by atoms with Gasteiger partial charge >= 0.3 is 5.97 Å². The molecule has 2 heterocycles. The summed E-state index contributed by atoms with van der Waals surface area (Å²) in [6.45, 7) is 4.03. The smallest absolute Gasteiger partial charge is 0.340 e. The highest BCUT2D eigenvalue weighted by molar-refractivity contribution is 5.94. The highest BCUT2D eigenvalue weighted by Crippen LogP contribution is 2.55. The first-order valence-electron chi connectivity index (χ1n) is 12.6. The second kappa shape index (κ2) is 9.93. The number of likely N-dealkylation sites (tertiary alicyclic amines) is 1. The molecule has 5 rings (SSSR count). The Hall–Kier alpha value is -2.63. The number of rotatable bonds is 7. The fraction of sp³-hybridized carbons (Fsp3) is 0.483. The molecule has 0 amide bonds. The number of anilines is 1. The van der Waals surface area contributed by atoms with Crippen LogP contribution in [-0.4, -0.2) is 49.8 Å². The molecule has 2 aromatic carbocycles. The number of esters is 1. The van der Waals surface area contributed by atoms with Crippen LogP contribution >= 0.6 is 0 Å². The largest absolute Gasteiger partial charge is 0.461 e. The van der Waals surface area contributed by atoms with E-state index < -0.39 is 0 Å². The van der Waals surface area contributed by atoms with Crippen molar-refractivity contribution in [2.75, 3.05) is 38.6 Å². The van der Waals surface area contributed by atoms with Crippen LogP contribution in [0.25, 0.3) is 0 Å². The molecule has 1 saturated heterocycles. The maximum atomic E-state index is 12.9. The van der Waals surface area contributed by atoms with Crippen molar-refractivity contribution < 1.29 is 14.3 Å². The molecule has 5 nitrogen and oxygen atoms in total. The summed E-state index contributed by atoms with van der Waals surface area (Å²) in [5, 5.41) is 0. The summed E-state index contributed by atoms with van der Waals surface area (Å²) in [7, 11) is 0. The molecule has 2 aromatic rings. The van der Waals surface area contributed by atoms with E-state index in [1.165, 1.54) is 12.0 Å².